The molecule has 172 valence electrons. The van der Waals surface area contributed by atoms with Crippen LogP contribution in [-0.4, -0.2) is 63.2 Å². The Balaban J connectivity index is 1.34. The summed E-state index contributed by atoms with van der Waals surface area (Å²) in [5.74, 6) is 1.81. The monoisotopic (exact) mass is 429 g/mol. The molecule has 0 aromatic heterocycles. The van der Waals surface area contributed by atoms with Crippen molar-refractivity contribution in [2.45, 2.75) is 51.5 Å². The lowest BCUT2D eigenvalue weighted by molar-refractivity contribution is -0.116. The predicted octanol–water partition coefficient (Wildman–Crippen LogP) is 2.98. The molecule has 31 heavy (non-hydrogen) atoms. The molecule has 1 aliphatic carbocycles. The first-order valence-corrected chi connectivity index (χ1v) is 11.9. The van der Waals surface area contributed by atoms with Gasteiger partial charge < -0.3 is 20.7 Å². The number of anilines is 1. The zero-order chi connectivity index (χ0) is 21.7. The van der Waals surface area contributed by atoms with Gasteiger partial charge in [0.25, 0.3) is 0 Å². The van der Waals surface area contributed by atoms with Crippen molar-refractivity contribution in [2.75, 3.05) is 51.8 Å². The quantitative estimate of drug-likeness (QED) is 0.303. The summed E-state index contributed by atoms with van der Waals surface area (Å²) >= 11 is 0. The lowest BCUT2D eigenvalue weighted by atomic mass is 10.0. The van der Waals surface area contributed by atoms with Gasteiger partial charge in [-0.2, -0.15) is 0 Å². The number of ether oxygens (including phenoxy) is 1. The van der Waals surface area contributed by atoms with Gasteiger partial charge in [-0.15, -0.1) is 0 Å². The van der Waals surface area contributed by atoms with Crippen molar-refractivity contribution in [2.24, 2.45) is 10.9 Å². The van der Waals surface area contributed by atoms with Gasteiger partial charge in [0.15, 0.2) is 5.96 Å². The average Bonchev–Trinajstić information content (AvgIpc) is 3.32. The molecule has 0 bridgehead atoms. The molecule has 2 aliphatic rings. The number of guanidine groups is 1. The molecule has 0 atom stereocenters. The fourth-order valence-electron chi connectivity index (χ4n) is 4.37. The van der Waals surface area contributed by atoms with E-state index in [-0.39, 0.29) is 5.91 Å². The van der Waals surface area contributed by atoms with E-state index in [2.05, 4.69) is 31.9 Å². The van der Waals surface area contributed by atoms with E-state index in [1.54, 1.807) is 7.05 Å². The molecular formula is C24H39N5O2. The van der Waals surface area contributed by atoms with Crippen molar-refractivity contribution in [1.82, 2.24) is 15.5 Å². The highest BCUT2D eigenvalue weighted by Gasteiger charge is 2.14. The number of nitrogens with zero attached hydrogens (tertiary/aromatic N) is 2. The first kappa shape index (κ1) is 23.5. The first-order valence-electron chi connectivity index (χ1n) is 11.9. The van der Waals surface area contributed by atoms with Crippen LogP contribution in [0.3, 0.4) is 0 Å². The van der Waals surface area contributed by atoms with Gasteiger partial charge in [0, 0.05) is 51.9 Å². The van der Waals surface area contributed by atoms with Gasteiger partial charge in [-0.05, 0) is 36.5 Å². The van der Waals surface area contributed by atoms with Crippen LogP contribution in [0, 0.1) is 5.92 Å². The molecule has 0 spiro atoms. The van der Waals surface area contributed by atoms with E-state index in [4.69, 9.17) is 4.74 Å². The molecule has 7 nitrogen and oxygen atoms in total. The van der Waals surface area contributed by atoms with Crippen molar-refractivity contribution >= 4 is 17.6 Å². The Hall–Kier alpha value is -2.12. The Labute approximate surface area is 187 Å². The Bertz CT molecular complexity index is 697. The molecular weight excluding hydrogens is 390 g/mol. The largest absolute Gasteiger partial charge is 0.379 e. The van der Waals surface area contributed by atoms with Gasteiger partial charge in [0.2, 0.25) is 5.91 Å². The number of rotatable bonds is 10. The number of aliphatic imine (C=N–C) groups is 1. The molecule has 1 amide bonds. The molecule has 0 unspecified atom stereocenters. The van der Waals surface area contributed by atoms with Crippen LogP contribution in [0.25, 0.3) is 0 Å². The number of benzene rings is 1. The Morgan fingerprint density at radius 1 is 1.19 bits per heavy atom. The fraction of sp³-hybridized carbons (Fsp3) is 0.667. The van der Waals surface area contributed by atoms with E-state index in [9.17, 15) is 4.79 Å². The van der Waals surface area contributed by atoms with Crippen LogP contribution in [0.5, 0.6) is 0 Å². The van der Waals surface area contributed by atoms with Crippen LogP contribution in [0.1, 0.15) is 50.5 Å². The number of hydrogen-bond acceptors (Lipinski definition) is 4. The summed E-state index contributed by atoms with van der Waals surface area (Å²) < 4.78 is 5.35. The molecule has 3 rings (SSSR count). The molecule has 1 saturated heterocycles. The summed E-state index contributed by atoms with van der Waals surface area (Å²) in [5, 5.41) is 9.81. The normalized spacial score (nSPS) is 18.2. The summed E-state index contributed by atoms with van der Waals surface area (Å²) in [6.45, 7) is 5.73. The highest BCUT2D eigenvalue weighted by molar-refractivity contribution is 5.90. The number of carbonyl (C=O) groups excluding carboxylic acids is 1. The minimum Gasteiger partial charge on any atom is -0.379 e. The molecule has 0 radical (unpaired) electrons. The summed E-state index contributed by atoms with van der Waals surface area (Å²) in [6, 6.07) is 8.00. The number of amides is 1. The highest BCUT2D eigenvalue weighted by atomic mass is 16.5. The van der Waals surface area contributed by atoms with Crippen molar-refractivity contribution < 1.29 is 9.53 Å². The molecule has 3 N–H and O–H groups in total. The highest BCUT2D eigenvalue weighted by Crippen LogP contribution is 2.28. The summed E-state index contributed by atoms with van der Waals surface area (Å²) in [4.78, 5) is 18.9. The van der Waals surface area contributed by atoms with Crippen LogP contribution in [0.15, 0.2) is 29.3 Å². The minimum absolute atomic E-state index is 0.0522. The van der Waals surface area contributed by atoms with Crippen molar-refractivity contribution in [3.63, 3.8) is 0 Å². The van der Waals surface area contributed by atoms with E-state index >= 15 is 0 Å². The standard InChI is InChI=1S/C24H39N5O2/c1-25-24(26-12-5-9-20-6-2-3-7-20)27-19-21-8-4-10-22(18-21)28-23(30)11-13-29-14-16-31-17-15-29/h4,8,10,18,20H,2-3,5-7,9,11-17,19H2,1H3,(H,28,30)(H2,25,26,27). The summed E-state index contributed by atoms with van der Waals surface area (Å²) in [7, 11) is 1.80. The maximum Gasteiger partial charge on any atom is 0.225 e. The van der Waals surface area contributed by atoms with Crippen molar-refractivity contribution in [3.8, 4) is 0 Å². The number of carbonyl (C=O) groups is 1. The molecule has 1 aliphatic heterocycles. The first-order chi connectivity index (χ1) is 15.2. The van der Waals surface area contributed by atoms with Gasteiger partial charge in [-0.1, -0.05) is 37.8 Å². The zero-order valence-electron chi connectivity index (χ0n) is 19.0. The van der Waals surface area contributed by atoms with Crippen LogP contribution in [-0.2, 0) is 16.1 Å². The van der Waals surface area contributed by atoms with E-state index in [0.717, 1.165) is 62.5 Å². The number of morpholine rings is 1. The van der Waals surface area contributed by atoms with Gasteiger partial charge in [-0.3, -0.25) is 14.7 Å². The number of hydrogen-bond donors (Lipinski definition) is 3. The van der Waals surface area contributed by atoms with Crippen LogP contribution in [0.2, 0.25) is 0 Å². The van der Waals surface area contributed by atoms with Gasteiger partial charge in [-0.25, -0.2) is 0 Å². The second-order valence-corrected chi connectivity index (χ2v) is 8.60. The van der Waals surface area contributed by atoms with E-state index in [1.807, 2.05) is 18.2 Å². The third-order valence-electron chi connectivity index (χ3n) is 6.21. The fourth-order valence-corrected chi connectivity index (χ4v) is 4.37. The summed E-state index contributed by atoms with van der Waals surface area (Å²) in [5.41, 5.74) is 1.95. The smallest absolute Gasteiger partial charge is 0.225 e. The van der Waals surface area contributed by atoms with Crippen LogP contribution >= 0.6 is 0 Å². The maximum atomic E-state index is 12.3. The van der Waals surface area contributed by atoms with Crippen molar-refractivity contribution in [1.29, 1.82) is 0 Å². The SMILES string of the molecule is CN=C(NCCCC1CCCC1)NCc1cccc(NC(=O)CCN2CCOCC2)c1. The topological polar surface area (TPSA) is 78.0 Å². The van der Waals surface area contributed by atoms with E-state index in [1.165, 1.54) is 38.5 Å². The third-order valence-corrected chi connectivity index (χ3v) is 6.21. The number of nitrogens with one attached hydrogen (secondary N) is 3. The Morgan fingerprint density at radius 2 is 2.00 bits per heavy atom. The predicted molar refractivity (Wildman–Crippen MR) is 126 cm³/mol. The Morgan fingerprint density at radius 3 is 2.77 bits per heavy atom. The van der Waals surface area contributed by atoms with Gasteiger partial charge >= 0.3 is 0 Å². The molecule has 2 fully saturated rings. The van der Waals surface area contributed by atoms with E-state index < -0.39 is 0 Å². The lowest BCUT2D eigenvalue weighted by Crippen LogP contribution is -2.38. The molecule has 1 heterocycles. The zero-order valence-corrected chi connectivity index (χ0v) is 19.0. The van der Waals surface area contributed by atoms with E-state index in [0.29, 0.717) is 13.0 Å². The lowest BCUT2D eigenvalue weighted by Gasteiger charge is -2.26. The molecule has 1 aromatic rings. The minimum atomic E-state index is 0.0522. The molecule has 1 saturated carbocycles. The Kier molecular flexibility index (Phi) is 10.1. The maximum absolute atomic E-state index is 12.3. The second-order valence-electron chi connectivity index (χ2n) is 8.60. The molecule has 1 aromatic carbocycles. The second kappa shape index (κ2) is 13.3. The summed E-state index contributed by atoms with van der Waals surface area (Å²) in [6.07, 6.45) is 8.65. The van der Waals surface area contributed by atoms with Crippen LogP contribution in [0.4, 0.5) is 5.69 Å². The molecule has 7 heteroatoms. The van der Waals surface area contributed by atoms with Gasteiger partial charge in [0.05, 0.1) is 13.2 Å². The van der Waals surface area contributed by atoms with Gasteiger partial charge in [0.1, 0.15) is 0 Å². The third kappa shape index (κ3) is 8.87. The average molecular weight is 430 g/mol. The van der Waals surface area contributed by atoms with Crippen molar-refractivity contribution in [3.05, 3.63) is 29.8 Å². The van der Waals surface area contributed by atoms with Crippen LogP contribution < -0.4 is 16.0 Å².